The molecule has 1 saturated heterocycles. The molecule has 3 heterocycles. The van der Waals surface area contributed by atoms with Crippen molar-refractivity contribution in [3.63, 3.8) is 0 Å². The average Bonchev–Trinajstić information content (AvgIpc) is 3.22. The molecule has 1 aromatic heterocycles. The smallest absolute Gasteiger partial charge is 0.232 e. The topological polar surface area (TPSA) is 56.3 Å². The lowest BCUT2D eigenvalue weighted by Crippen LogP contribution is -2.33. The fraction of sp³-hybridized carbons (Fsp3) is 0.450. The quantitative estimate of drug-likeness (QED) is 0.789. The van der Waals surface area contributed by atoms with E-state index in [2.05, 4.69) is 50.8 Å². The van der Waals surface area contributed by atoms with E-state index < -0.39 is 0 Å². The third-order valence-corrected chi connectivity index (χ3v) is 5.39. The number of aromatic nitrogens is 2. The zero-order valence-corrected chi connectivity index (χ0v) is 16.6. The minimum absolute atomic E-state index is 0.561. The maximum Gasteiger partial charge on any atom is 0.232 e. The monoisotopic (exact) mass is 382 g/mol. The maximum absolute atomic E-state index is 5.34. The second-order valence-electron chi connectivity index (χ2n) is 7.03. The highest BCUT2D eigenvalue weighted by Gasteiger charge is 2.21. The molecular weight excluding hydrogens is 356 g/mol. The van der Waals surface area contributed by atoms with Crippen LogP contribution in [0.4, 0.5) is 17.6 Å². The minimum atomic E-state index is 0.561. The van der Waals surface area contributed by atoms with Gasteiger partial charge < -0.3 is 20.4 Å². The number of nitrogens with one attached hydrogen (secondary N) is 2. The van der Waals surface area contributed by atoms with Crippen molar-refractivity contribution in [1.29, 1.82) is 0 Å². The van der Waals surface area contributed by atoms with E-state index in [4.69, 9.17) is 22.2 Å². The summed E-state index contributed by atoms with van der Waals surface area (Å²) < 4.78 is 0. The maximum atomic E-state index is 5.34. The highest BCUT2D eigenvalue weighted by atomic mass is 32.1. The molecule has 0 amide bonds. The van der Waals surface area contributed by atoms with Gasteiger partial charge in [0.15, 0.2) is 5.11 Å². The van der Waals surface area contributed by atoms with Crippen molar-refractivity contribution >= 4 is 34.9 Å². The van der Waals surface area contributed by atoms with Gasteiger partial charge in [0.05, 0.1) is 0 Å². The van der Waals surface area contributed by atoms with Crippen molar-refractivity contribution in [2.45, 2.75) is 32.7 Å². The van der Waals surface area contributed by atoms with Crippen LogP contribution in [0.15, 0.2) is 30.3 Å². The lowest BCUT2D eigenvalue weighted by Gasteiger charge is -2.30. The second kappa shape index (κ2) is 8.08. The van der Waals surface area contributed by atoms with E-state index in [0.29, 0.717) is 11.1 Å². The van der Waals surface area contributed by atoms with Gasteiger partial charge in [0.2, 0.25) is 5.95 Å². The summed E-state index contributed by atoms with van der Waals surface area (Å²) in [7, 11) is 0. The first-order valence-corrected chi connectivity index (χ1v) is 10.1. The van der Waals surface area contributed by atoms with Crippen molar-refractivity contribution in [1.82, 2.24) is 15.3 Å². The summed E-state index contributed by atoms with van der Waals surface area (Å²) >= 11 is 5.34. The summed E-state index contributed by atoms with van der Waals surface area (Å²) in [5.41, 5.74) is 2.82. The fourth-order valence-electron chi connectivity index (χ4n) is 3.75. The van der Waals surface area contributed by atoms with Crippen LogP contribution in [0.25, 0.3) is 0 Å². The molecule has 2 aliphatic heterocycles. The summed E-state index contributed by atoms with van der Waals surface area (Å²) in [5.74, 6) is 2.51. The lowest BCUT2D eigenvalue weighted by atomic mass is 10.00. The third kappa shape index (κ3) is 4.13. The number of fused-ring (bicyclic) bond motifs is 1. The van der Waals surface area contributed by atoms with E-state index >= 15 is 0 Å². The molecule has 6 nitrogen and oxygen atoms in total. The zero-order valence-electron chi connectivity index (χ0n) is 15.7. The molecule has 1 aromatic carbocycles. The Labute approximate surface area is 166 Å². The first kappa shape index (κ1) is 18.0. The number of thiocarbonyl (C=S) groups is 1. The number of hydrogen-bond acceptors (Lipinski definition) is 5. The van der Waals surface area contributed by atoms with Crippen LogP contribution in [0.2, 0.25) is 0 Å². The van der Waals surface area contributed by atoms with Crippen LogP contribution < -0.4 is 20.4 Å². The molecular formula is C20H26N6S. The van der Waals surface area contributed by atoms with E-state index in [1.807, 2.05) is 6.92 Å². The number of nitrogens with zero attached hydrogens (tertiary/aromatic N) is 4. The molecule has 142 valence electrons. The SMILES string of the molecule is CCNC(=S)Nc1nc(N2CCCC2)cc(N2CCc3ccccc3C2)n1. The van der Waals surface area contributed by atoms with Gasteiger partial charge in [-0.05, 0) is 49.5 Å². The van der Waals surface area contributed by atoms with E-state index in [0.717, 1.165) is 50.8 Å². The molecule has 1 fully saturated rings. The van der Waals surface area contributed by atoms with Crippen molar-refractivity contribution in [3.8, 4) is 0 Å². The van der Waals surface area contributed by atoms with E-state index in [1.54, 1.807) is 0 Å². The predicted molar refractivity (Wildman–Crippen MR) is 115 cm³/mol. The molecule has 0 radical (unpaired) electrons. The molecule has 2 aromatic rings. The van der Waals surface area contributed by atoms with Crippen molar-refractivity contribution in [2.75, 3.05) is 41.3 Å². The largest absolute Gasteiger partial charge is 0.363 e. The van der Waals surface area contributed by atoms with Gasteiger partial charge in [-0.15, -0.1) is 0 Å². The standard InChI is InChI=1S/C20H26N6S/c1-2-21-20(27)24-19-22-17(25-10-5-6-11-25)13-18(23-19)26-12-9-15-7-3-4-8-16(15)14-26/h3-4,7-8,13H,2,5-6,9-12,14H2,1H3,(H2,21,22,23,24,27). The van der Waals surface area contributed by atoms with Crippen LogP contribution in [0.3, 0.4) is 0 Å². The first-order valence-electron chi connectivity index (χ1n) is 9.73. The van der Waals surface area contributed by atoms with E-state index in [9.17, 15) is 0 Å². The van der Waals surface area contributed by atoms with Crippen LogP contribution in [0, 0.1) is 0 Å². The Balaban J connectivity index is 1.62. The van der Waals surface area contributed by atoms with Crippen molar-refractivity contribution in [2.24, 2.45) is 0 Å². The molecule has 2 aliphatic rings. The first-order chi connectivity index (χ1) is 13.2. The van der Waals surface area contributed by atoms with Gasteiger partial charge >= 0.3 is 0 Å². The molecule has 2 N–H and O–H groups in total. The normalized spacial score (nSPS) is 16.2. The Bertz CT molecular complexity index is 818. The van der Waals surface area contributed by atoms with Gasteiger partial charge in [0.1, 0.15) is 11.6 Å². The Morgan fingerprint density at radius 1 is 1.04 bits per heavy atom. The Morgan fingerprint density at radius 3 is 2.48 bits per heavy atom. The summed E-state index contributed by atoms with van der Waals surface area (Å²) in [4.78, 5) is 14.2. The van der Waals surface area contributed by atoms with Crippen LogP contribution in [-0.4, -0.2) is 41.3 Å². The summed E-state index contributed by atoms with van der Waals surface area (Å²) in [6.07, 6.45) is 3.47. The van der Waals surface area contributed by atoms with E-state index in [-0.39, 0.29) is 0 Å². The summed E-state index contributed by atoms with van der Waals surface area (Å²) in [6.45, 7) is 6.74. The van der Waals surface area contributed by atoms with Gasteiger partial charge in [0, 0.05) is 38.8 Å². The van der Waals surface area contributed by atoms with Gasteiger partial charge in [0.25, 0.3) is 0 Å². The second-order valence-corrected chi connectivity index (χ2v) is 7.44. The fourth-order valence-corrected chi connectivity index (χ4v) is 3.98. The van der Waals surface area contributed by atoms with Crippen molar-refractivity contribution in [3.05, 3.63) is 41.5 Å². The molecule has 0 unspecified atom stereocenters. The number of rotatable bonds is 4. The van der Waals surface area contributed by atoms with Crippen LogP contribution in [0.5, 0.6) is 0 Å². The molecule has 0 bridgehead atoms. The molecule has 0 aliphatic carbocycles. The van der Waals surface area contributed by atoms with Crippen molar-refractivity contribution < 1.29 is 0 Å². The molecule has 0 spiro atoms. The number of hydrogen-bond donors (Lipinski definition) is 2. The Hall–Kier alpha value is -2.41. The van der Waals surface area contributed by atoms with Crippen LogP contribution in [0.1, 0.15) is 30.9 Å². The number of benzene rings is 1. The average molecular weight is 383 g/mol. The zero-order chi connectivity index (χ0) is 18.6. The third-order valence-electron chi connectivity index (χ3n) is 5.15. The highest BCUT2D eigenvalue weighted by molar-refractivity contribution is 7.80. The molecule has 7 heteroatoms. The van der Waals surface area contributed by atoms with Gasteiger partial charge in [-0.25, -0.2) is 0 Å². The summed E-state index contributed by atoms with van der Waals surface area (Å²) in [5, 5.41) is 6.82. The predicted octanol–water partition coefficient (Wildman–Crippen LogP) is 2.95. The molecule has 0 atom stereocenters. The molecule has 4 rings (SSSR count). The minimum Gasteiger partial charge on any atom is -0.363 e. The highest BCUT2D eigenvalue weighted by Crippen LogP contribution is 2.28. The molecule has 27 heavy (non-hydrogen) atoms. The van der Waals surface area contributed by atoms with Gasteiger partial charge in [-0.3, -0.25) is 0 Å². The van der Waals surface area contributed by atoms with Gasteiger partial charge in [-0.1, -0.05) is 24.3 Å². The lowest BCUT2D eigenvalue weighted by molar-refractivity contribution is 0.719. The summed E-state index contributed by atoms with van der Waals surface area (Å²) in [6, 6.07) is 10.8. The molecule has 0 saturated carbocycles. The Morgan fingerprint density at radius 2 is 1.74 bits per heavy atom. The number of anilines is 3. The van der Waals surface area contributed by atoms with Crippen LogP contribution in [-0.2, 0) is 13.0 Å². The van der Waals surface area contributed by atoms with E-state index in [1.165, 1.54) is 24.0 Å². The Kier molecular flexibility index (Phi) is 5.38. The van der Waals surface area contributed by atoms with Gasteiger partial charge in [-0.2, -0.15) is 9.97 Å². The van der Waals surface area contributed by atoms with Crippen LogP contribution >= 0.6 is 12.2 Å².